The van der Waals surface area contributed by atoms with Gasteiger partial charge in [0.1, 0.15) is 18.8 Å². The maximum Gasteiger partial charge on any atom is 0.335 e. The number of hydrogen-bond acceptors (Lipinski definition) is 11. The van der Waals surface area contributed by atoms with E-state index in [1.165, 1.54) is 122 Å². The summed E-state index contributed by atoms with van der Waals surface area (Å²) in [5, 5.41) is 31.5. The van der Waals surface area contributed by atoms with Crippen LogP contribution in [0.1, 0.15) is 278 Å². The lowest BCUT2D eigenvalue weighted by atomic mass is 9.98. The first kappa shape index (κ1) is 74.9. The highest BCUT2D eigenvalue weighted by Gasteiger charge is 2.50. The van der Waals surface area contributed by atoms with Crippen LogP contribution in [0, 0.1) is 0 Å². The lowest BCUT2D eigenvalue weighted by molar-refractivity contribution is -0.301. The summed E-state index contributed by atoms with van der Waals surface area (Å²) in [6, 6.07) is 0. The van der Waals surface area contributed by atoms with Gasteiger partial charge in [-0.2, -0.15) is 0 Å². The molecule has 0 aromatic heterocycles. The number of carbonyl (C=O) groups excluding carboxylic acids is 3. The summed E-state index contributed by atoms with van der Waals surface area (Å²) in [6.07, 6.45) is 61.3. The van der Waals surface area contributed by atoms with Crippen molar-refractivity contribution >= 4 is 23.9 Å². The van der Waals surface area contributed by atoms with Gasteiger partial charge in [0.05, 0.1) is 6.61 Å². The van der Waals surface area contributed by atoms with Gasteiger partial charge in [-0.1, -0.05) is 260 Å². The van der Waals surface area contributed by atoms with Crippen molar-refractivity contribution in [3.8, 4) is 0 Å². The van der Waals surface area contributed by atoms with Crippen LogP contribution >= 0.6 is 0 Å². The second kappa shape index (κ2) is 56.4. The van der Waals surface area contributed by atoms with Crippen LogP contribution in [0.4, 0.5) is 0 Å². The van der Waals surface area contributed by atoms with Crippen molar-refractivity contribution in [1.82, 2.24) is 0 Å². The van der Waals surface area contributed by atoms with E-state index in [9.17, 15) is 34.5 Å². The fraction of sp³-hybridized carbons (Fsp3) is 0.739. The number of rotatable bonds is 55. The molecule has 1 aliphatic heterocycles. The topological polar surface area (TPSA) is 175 Å². The average Bonchev–Trinajstić information content (AvgIpc) is 3.54. The second-order valence-corrected chi connectivity index (χ2v) is 22.0. The zero-order valence-electron chi connectivity index (χ0n) is 51.3. The van der Waals surface area contributed by atoms with Crippen molar-refractivity contribution < 1.29 is 58.2 Å². The van der Waals surface area contributed by atoms with Crippen LogP contribution in [-0.2, 0) is 42.9 Å². The molecule has 3 N–H and O–H groups in total. The third-order valence-corrected chi connectivity index (χ3v) is 14.5. The largest absolute Gasteiger partial charge is 0.479 e. The number of aliphatic hydroxyl groups is 2. The first-order valence-electron chi connectivity index (χ1n) is 32.6. The molecule has 464 valence electrons. The van der Waals surface area contributed by atoms with Crippen LogP contribution in [0.15, 0.2) is 85.1 Å². The van der Waals surface area contributed by atoms with Crippen LogP contribution in [0.5, 0.6) is 0 Å². The molecule has 0 aromatic carbocycles. The van der Waals surface area contributed by atoms with Gasteiger partial charge in [-0.25, -0.2) is 4.79 Å². The third-order valence-electron chi connectivity index (χ3n) is 14.5. The van der Waals surface area contributed by atoms with Crippen molar-refractivity contribution in [2.45, 2.75) is 314 Å². The summed E-state index contributed by atoms with van der Waals surface area (Å²) in [5.74, 6) is -3.23. The normalized spacial score (nSPS) is 18.3. The van der Waals surface area contributed by atoms with E-state index in [2.05, 4.69) is 87.6 Å². The molecule has 0 aliphatic carbocycles. The molecule has 0 bridgehead atoms. The van der Waals surface area contributed by atoms with Gasteiger partial charge in [0.15, 0.2) is 24.6 Å². The Labute approximate surface area is 492 Å². The number of allylic oxidation sites excluding steroid dienone is 14. The lowest BCUT2D eigenvalue weighted by Gasteiger charge is -2.40. The van der Waals surface area contributed by atoms with E-state index in [0.29, 0.717) is 25.7 Å². The Bertz CT molecular complexity index is 1730. The molecule has 0 radical (unpaired) electrons. The van der Waals surface area contributed by atoms with Gasteiger partial charge in [0.25, 0.3) is 0 Å². The van der Waals surface area contributed by atoms with E-state index in [1.807, 2.05) is 18.2 Å². The van der Waals surface area contributed by atoms with Gasteiger partial charge >= 0.3 is 23.9 Å². The highest BCUT2D eigenvalue weighted by Crippen LogP contribution is 2.26. The summed E-state index contributed by atoms with van der Waals surface area (Å²) in [7, 11) is 0. The molecular weight excluding hydrogens is 1020 g/mol. The minimum absolute atomic E-state index is 0.0670. The van der Waals surface area contributed by atoms with Crippen molar-refractivity contribution in [3.63, 3.8) is 0 Å². The maximum absolute atomic E-state index is 13.2. The number of hydrogen-bond donors (Lipinski definition) is 3. The quantitative estimate of drug-likeness (QED) is 0.0228. The zero-order chi connectivity index (χ0) is 58.9. The Hall–Kier alpha value is -4.10. The zero-order valence-corrected chi connectivity index (χ0v) is 51.3. The molecule has 1 saturated heterocycles. The molecule has 12 nitrogen and oxygen atoms in total. The van der Waals surface area contributed by atoms with E-state index >= 15 is 0 Å². The van der Waals surface area contributed by atoms with Crippen LogP contribution in [0.25, 0.3) is 0 Å². The van der Waals surface area contributed by atoms with Crippen molar-refractivity contribution in [3.05, 3.63) is 85.1 Å². The Morgan fingerprint density at radius 2 is 0.802 bits per heavy atom. The summed E-state index contributed by atoms with van der Waals surface area (Å²) in [5.41, 5.74) is 0. The van der Waals surface area contributed by atoms with Gasteiger partial charge in [-0.05, 0) is 83.5 Å². The third kappa shape index (κ3) is 46.0. The molecule has 0 spiro atoms. The Morgan fingerprint density at radius 1 is 0.420 bits per heavy atom. The number of aliphatic carboxylic acids is 1. The van der Waals surface area contributed by atoms with Crippen molar-refractivity contribution in [2.75, 3.05) is 13.2 Å². The summed E-state index contributed by atoms with van der Waals surface area (Å²) in [6.45, 7) is 5.86. The van der Waals surface area contributed by atoms with Crippen LogP contribution in [0.2, 0.25) is 0 Å². The predicted molar refractivity (Wildman–Crippen MR) is 331 cm³/mol. The van der Waals surface area contributed by atoms with E-state index in [4.69, 9.17) is 23.7 Å². The van der Waals surface area contributed by atoms with Gasteiger partial charge in [0.2, 0.25) is 0 Å². The molecular formula is C69H116O12. The van der Waals surface area contributed by atoms with Crippen LogP contribution in [0.3, 0.4) is 0 Å². The summed E-state index contributed by atoms with van der Waals surface area (Å²) in [4.78, 5) is 51.3. The molecule has 1 aliphatic rings. The van der Waals surface area contributed by atoms with Crippen LogP contribution < -0.4 is 0 Å². The molecule has 6 unspecified atom stereocenters. The van der Waals surface area contributed by atoms with E-state index in [-0.39, 0.29) is 25.9 Å². The number of carboxylic acids is 1. The molecule has 12 heteroatoms. The van der Waals surface area contributed by atoms with Gasteiger partial charge < -0.3 is 39.0 Å². The van der Waals surface area contributed by atoms with E-state index in [0.717, 1.165) is 89.9 Å². The Balaban J connectivity index is 2.68. The van der Waals surface area contributed by atoms with Crippen LogP contribution in [-0.4, -0.2) is 89.2 Å². The first-order valence-corrected chi connectivity index (χ1v) is 32.6. The molecule has 0 saturated carbocycles. The first-order chi connectivity index (χ1) is 39.6. The van der Waals surface area contributed by atoms with E-state index < -0.39 is 67.3 Å². The molecule has 1 rings (SSSR count). The van der Waals surface area contributed by atoms with Crippen molar-refractivity contribution in [2.24, 2.45) is 0 Å². The number of aliphatic hydroxyl groups excluding tert-OH is 2. The monoisotopic (exact) mass is 1140 g/mol. The van der Waals surface area contributed by atoms with Gasteiger partial charge in [0, 0.05) is 19.3 Å². The summed E-state index contributed by atoms with van der Waals surface area (Å²) >= 11 is 0. The smallest absolute Gasteiger partial charge is 0.335 e. The lowest BCUT2D eigenvalue weighted by Crippen LogP contribution is -2.61. The minimum Gasteiger partial charge on any atom is -0.479 e. The molecule has 0 amide bonds. The highest BCUT2D eigenvalue weighted by atomic mass is 16.7. The molecule has 6 atom stereocenters. The molecule has 1 heterocycles. The van der Waals surface area contributed by atoms with E-state index in [1.54, 1.807) is 0 Å². The highest BCUT2D eigenvalue weighted by molar-refractivity contribution is 5.74. The molecule has 0 aromatic rings. The number of esters is 3. The Morgan fingerprint density at radius 3 is 1.25 bits per heavy atom. The fourth-order valence-corrected chi connectivity index (χ4v) is 9.51. The maximum atomic E-state index is 13.2. The minimum atomic E-state index is -1.93. The SMILES string of the molecule is CC/C=C\C/C=C\C/C=C\C/C=C\C/C=C\C/C=C\CCC(=O)OC1C(OCC(COC(=O)CCCCCCCCCCCCCCCCCCCCC)OC(=O)CCCCCCC/C=C\CCCCCC)OC(C(=O)O)C(O)C1O. The van der Waals surface area contributed by atoms with Gasteiger partial charge in [-0.15, -0.1) is 0 Å². The molecule has 1 fully saturated rings. The predicted octanol–water partition coefficient (Wildman–Crippen LogP) is 17.5. The molecule has 81 heavy (non-hydrogen) atoms. The summed E-state index contributed by atoms with van der Waals surface area (Å²) < 4.78 is 28.4. The van der Waals surface area contributed by atoms with Crippen molar-refractivity contribution in [1.29, 1.82) is 0 Å². The fourth-order valence-electron chi connectivity index (χ4n) is 9.51. The number of ether oxygens (including phenoxy) is 5. The standard InChI is InChI=1S/C69H116O12/c1-4-7-10-13-16-19-22-25-27-29-31-33-35-38-40-43-46-49-52-55-61(70)77-58-60(79-62(71)56-53-50-47-44-41-37-24-21-18-15-12-9-6-3)59-78-69-67(65(74)64(73)66(81-69)68(75)76)80-63(72)57-54-51-48-45-42-39-36-34-32-30-28-26-23-20-17-14-11-8-5-2/h8,11,17,20-21,24,26,28,32,34,39,42,48,51,60,64-67,69,73-74H,4-7,9-10,12-16,18-19,22-23,25,27,29-31,33,35-38,40-41,43-47,49-50,52-59H2,1-3H3,(H,75,76)/b11-8-,20-17-,24-21-,28-26-,34-32-,42-39-,51-48-. The Kier molecular flexibility index (Phi) is 52.1. The average molecular weight is 1140 g/mol. The van der Waals surface area contributed by atoms with Gasteiger partial charge in [-0.3, -0.25) is 14.4 Å². The second-order valence-electron chi connectivity index (χ2n) is 22.0. The number of carbonyl (C=O) groups is 4. The number of carboxylic acid groups (broad SMARTS) is 1. The number of unbranched alkanes of at least 4 members (excludes halogenated alkanes) is 27.